The van der Waals surface area contributed by atoms with Crippen LogP contribution in [-0.4, -0.2) is 41.2 Å². The molecule has 6 nitrogen and oxygen atoms in total. The number of ether oxygens (including phenoxy) is 1. The molecule has 136 valence electrons. The smallest absolute Gasteiger partial charge is 0.237 e. The van der Waals surface area contributed by atoms with E-state index in [2.05, 4.69) is 47.4 Å². The Morgan fingerprint density at radius 2 is 2.12 bits per heavy atom. The van der Waals surface area contributed by atoms with Gasteiger partial charge >= 0.3 is 0 Å². The molecule has 1 amide bonds. The lowest BCUT2D eigenvalue weighted by molar-refractivity contribution is -0.124. The molecule has 25 heavy (non-hydrogen) atoms. The molecule has 2 aromatic rings. The lowest BCUT2D eigenvalue weighted by Crippen LogP contribution is -2.52. The number of fused-ring (bicyclic) bond motifs is 1. The van der Waals surface area contributed by atoms with Crippen molar-refractivity contribution in [3.05, 3.63) is 29.6 Å². The Morgan fingerprint density at radius 3 is 2.84 bits per heavy atom. The van der Waals surface area contributed by atoms with E-state index in [0.29, 0.717) is 12.6 Å². The number of hydrogen-bond donors (Lipinski definition) is 3. The maximum Gasteiger partial charge on any atom is 0.237 e. The first-order valence-electron chi connectivity index (χ1n) is 9.09. The summed E-state index contributed by atoms with van der Waals surface area (Å²) in [5, 5.41) is 6.52. The molecule has 0 unspecified atom stereocenters. The average Bonchev–Trinajstić information content (AvgIpc) is 3.00. The number of nitrogens with zero attached hydrogens (tertiary/aromatic N) is 1. The minimum Gasteiger partial charge on any atom is -0.381 e. The SMILES string of the molecule is Cc1ccc2nc(CNC(=O)[C@@H](NC3CCOCC3)C(C)C)[nH]c2c1. The van der Waals surface area contributed by atoms with Crippen LogP contribution in [0.3, 0.4) is 0 Å². The van der Waals surface area contributed by atoms with Crippen LogP contribution in [0.25, 0.3) is 11.0 Å². The largest absolute Gasteiger partial charge is 0.381 e. The fraction of sp³-hybridized carbons (Fsp3) is 0.579. The highest BCUT2D eigenvalue weighted by Gasteiger charge is 2.26. The number of benzene rings is 1. The minimum atomic E-state index is -0.199. The lowest BCUT2D eigenvalue weighted by Gasteiger charge is -2.29. The Kier molecular flexibility index (Phi) is 5.71. The second-order valence-corrected chi connectivity index (χ2v) is 7.20. The van der Waals surface area contributed by atoms with Crippen LogP contribution >= 0.6 is 0 Å². The Balaban J connectivity index is 1.59. The zero-order valence-corrected chi connectivity index (χ0v) is 15.3. The summed E-state index contributed by atoms with van der Waals surface area (Å²) >= 11 is 0. The zero-order chi connectivity index (χ0) is 17.8. The fourth-order valence-electron chi connectivity index (χ4n) is 3.23. The number of imidazole rings is 1. The molecule has 1 aliphatic rings. The van der Waals surface area contributed by atoms with Crippen molar-refractivity contribution in [2.24, 2.45) is 5.92 Å². The van der Waals surface area contributed by atoms with Gasteiger partial charge in [0.2, 0.25) is 5.91 Å². The molecule has 3 N–H and O–H groups in total. The molecule has 0 spiro atoms. The number of carbonyl (C=O) groups is 1. The monoisotopic (exact) mass is 344 g/mol. The molecule has 1 aromatic heterocycles. The molecule has 1 saturated heterocycles. The number of H-pyrrole nitrogens is 1. The molecule has 6 heteroatoms. The van der Waals surface area contributed by atoms with Crippen LogP contribution in [0.5, 0.6) is 0 Å². The van der Waals surface area contributed by atoms with Crippen molar-refractivity contribution in [3.8, 4) is 0 Å². The molecule has 2 heterocycles. The van der Waals surface area contributed by atoms with Gasteiger partial charge < -0.3 is 20.4 Å². The Hall–Kier alpha value is -1.92. The van der Waals surface area contributed by atoms with Crippen LogP contribution in [0.4, 0.5) is 0 Å². The van der Waals surface area contributed by atoms with E-state index in [1.54, 1.807) is 0 Å². The number of hydrogen-bond acceptors (Lipinski definition) is 4. The average molecular weight is 344 g/mol. The summed E-state index contributed by atoms with van der Waals surface area (Å²) in [4.78, 5) is 20.5. The van der Waals surface area contributed by atoms with E-state index < -0.39 is 0 Å². The highest BCUT2D eigenvalue weighted by molar-refractivity contribution is 5.82. The molecule has 1 fully saturated rings. The molecular weight excluding hydrogens is 316 g/mol. The summed E-state index contributed by atoms with van der Waals surface area (Å²) in [6.45, 7) is 8.13. The third-order valence-corrected chi connectivity index (χ3v) is 4.70. The summed E-state index contributed by atoms with van der Waals surface area (Å²) < 4.78 is 5.39. The Labute approximate surface area is 148 Å². The normalized spacial score (nSPS) is 17.1. The second kappa shape index (κ2) is 7.97. The highest BCUT2D eigenvalue weighted by atomic mass is 16.5. The number of aromatic amines is 1. The van der Waals surface area contributed by atoms with Crippen LogP contribution in [0.2, 0.25) is 0 Å². The lowest BCUT2D eigenvalue weighted by atomic mass is 10.00. The number of aryl methyl sites for hydroxylation is 1. The molecule has 1 aliphatic heterocycles. The summed E-state index contributed by atoms with van der Waals surface area (Å²) in [5.41, 5.74) is 3.12. The number of carbonyl (C=O) groups excluding carboxylic acids is 1. The molecule has 0 aliphatic carbocycles. The summed E-state index contributed by atoms with van der Waals surface area (Å²) in [5.74, 6) is 1.03. The van der Waals surface area contributed by atoms with Crippen molar-refractivity contribution in [3.63, 3.8) is 0 Å². The fourth-order valence-corrected chi connectivity index (χ4v) is 3.23. The molecule has 0 radical (unpaired) electrons. The molecule has 3 rings (SSSR count). The van der Waals surface area contributed by atoms with Crippen molar-refractivity contribution >= 4 is 16.9 Å². The minimum absolute atomic E-state index is 0.0260. The van der Waals surface area contributed by atoms with E-state index in [0.717, 1.165) is 42.9 Å². The van der Waals surface area contributed by atoms with Crippen LogP contribution < -0.4 is 10.6 Å². The van der Waals surface area contributed by atoms with Crippen molar-refractivity contribution in [2.45, 2.75) is 52.2 Å². The number of aromatic nitrogens is 2. The van der Waals surface area contributed by atoms with Crippen LogP contribution in [-0.2, 0) is 16.1 Å². The molecular formula is C19H28N4O2. The maximum absolute atomic E-state index is 12.7. The van der Waals surface area contributed by atoms with E-state index in [-0.39, 0.29) is 17.9 Å². The highest BCUT2D eigenvalue weighted by Crippen LogP contribution is 2.14. The van der Waals surface area contributed by atoms with Gasteiger partial charge in [-0.3, -0.25) is 4.79 Å². The van der Waals surface area contributed by atoms with E-state index >= 15 is 0 Å². The van der Waals surface area contributed by atoms with Crippen molar-refractivity contribution in [1.82, 2.24) is 20.6 Å². The van der Waals surface area contributed by atoms with Gasteiger partial charge in [-0.15, -0.1) is 0 Å². The van der Waals surface area contributed by atoms with Crippen LogP contribution in [0.1, 0.15) is 38.1 Å². The maximum atomic E-state index is 12.7. The predicted molar refractivity (Wildman–Crippen MR) is 98.3 cm³/mol. The summed E-state index contributed by atoms with van der Waals surface area (Å²) in [6.07, 6.45) is 1.92. The first kappa shape index (κ1) is 17.9. The van der Waals surface area contributed by atoms with Crippen LogP contribution in [0, 0.1) is 12.8 Å². The van der Waals surface area contributed by atoms with E-state index in [1.807, 2.05) is 12.1 Å². The zero-order valence-electron chi connectivity index (χ0n) is 15.3. The van der Waals surface area contributed by atoms with Gasteiger partial charge in [0.25, 0.3) is 0 Å². The topological polar surface area (TPSA) is 79.0 Å². The van der Waals surface area contributed by atoms with Crippen LogP contribution in [0.15, 0.2) is 18.2 Å². The van der Waals surface area contributed by atoms with Crippen molar-refractivity contribution in [1.29, 1.82) is 0 Å². The first-order valence-corrected chi connectivity index (χ1v) is 9.09. The van der Waals surface area contributed by atoms with Crippen molar-refractivity contribution in [2.75, 3.05) is 13.2 Å². The number of nitrogens with one attached hydrogen (secondary N) is 3. The number of amides is 1. The molecule has 0 saturated carbocycles. The van der Waals surface area contributed by atoms with E-state index in [4.69, 9.17) is 4.74 Å². The van der Waals surface area contributed by atoms with E-state index in [1.165, 1.54) is 5.56 Å². The number of rotatable bonds is 6. The summed E-state index contributed by atoms with van der Waals surface area (Å²) in [6, 6.07) is 6.25. The standard InChI is InChI=1S/C19H28N4O2/c1-12(2)18(21-14-6-8-25-9-7-14)19(24)20-11-17-22-15-5-4-13(3)10-16(15)23-17/h4-5,10,12,14,18,21H,6-9,11H2,1-3H3,(H,20,24)(H,22,23)/t18-/m0/s1. The Morgan fingerprint density at radius 1 is 1.36 bits per heavy atom. The summed E-state index contributed by atoms with van der Waals surface area (Å²) in [7, 11) is 0. The molecule has 1 aromatic carbocycles. The second-order valence-electron chi connectivity index (χ2n) is 7.20. The van der Waals surface area contributed by atoms with Gasteiger partial charge in [0, 0.05) is 19.3 Å². The third-order valence-electron chi connectivity index (χ3n) is 4.70. The first-order chi connectivity index (χ1) is 12.0. The molecule has 1 atom stereocenters. The quantitative estimate of drug-likeness (QED) is 0.751. The van der Waals surface area contributed by atoms with Gasteiger partial charge in [-0.2, -0.15) is 0 Å². The third kappa shape index (κ3) is 4.58. The van der Waals surface area contributed by atoms with E-state index in [9.17, 15) is 4.79 Å². The van der Waals surface area contributed by atoms with Gasteiger partial charge in [-0.1, -0.05) is 19.9 Å². The van der Waals surface area contributed by atoms with Gasteiger partial charge in [0.05, 0.1) is 23.6 Å². The Bertz CT molecular complexity index is 719. The van der Waals surface area contributed by atoms with Gasteiger partial charge in [-0.25, -0.2) is 4.98 Å². The van der Waals surface area contributed by atoms with Gasteiger partial charge in [0.1, 0.15) is 5.82 Å². The van der Waals surface area contributed by atoms with Gasteiger partial charge in [0.15, 0.2) is 0 Å². The predicted octanol–water partition coefficient (Wildman–Crippen LogP) is 2.28. The van der Waals surface area contributed by atoms with Crippen molar-refractivity contribution < 1.29 is 9.53 Å². The molecule has 0 bridgehead atoms. The van der Waals surface area contributed by atoms with Gasteiger partial charge in [-0.05, 0) is 43.4 Å².